The van der Waals surface area contributed by atoms with Crippen LogP contribution in [0.2, 0.25) is 0 Å². The minimum atomic E-state index is -4.49. The Balaban J connectivity index is 1.86. The van der Waals surface area contributed by atoms with Crippen LogP contribution in [0.5, 0.6) is 11.5 Å². The van der Waals surface area contributed by atoms with Crippen molar-refractivity contribution < 1.29 is 17.9 Å². The van der Waals surface area contributed by atoms with Gasteiger partial charge in [-0.1, -0.05) is 18.2 Å². The van der Waals surface area contributed by atoms with Gasteiger partial charge in [-0.25, -0.2) is 0 Å². The predicted octanol–water partition coefficient (Wildman–Crippen LogP) is 6.52. The monoisotopic (exact) mass is 378 g/mol. The number of nitriles is 1. The van der Waals surface area contributed by atoms with Crippen LogP contribution in [0.25, 0.3) is 22.0 Å². The average molecular weight is 378 g/mol. The number of rotatable bonds is 3. The number of hydrogen-bond acceptors (Lipinski definition) is 2. The van der Waals surface area contributed by atoms with Gasteiger partial charge < -0.3 is 9.72 Å². The fourth-order valence-electron chi connectivity index (χ4n) is 3.04. The van der Waals surface area contributed by atoms with Crippen LogP contribution in [-0.2, 0) is 6.18 Å². The number of H-pyrrole nitrogens is 1. The number of nitrogens with one attached hydrogen (secondary N) is 1. The molecule has 0 amide bonds. The lowest BCUT2D eigenvalue weighted by molar-refractivity contribution is -0.137. The molecule has 138 valence electrons. The number of fused-ring (bicyclic) bond motifs is 1. The van der Waals surface area contributed by atoms with Crippen LogP contribution < -0.4 is 4.74 Å². The number of alkyl halides is 3. The second-order valence-corrected chi connectivity index (χ2v) is 6.20. The lowest BCUT2D eigenvalue weighted by atomic mass is 10.00. The number of aromatic nitrogens is 1. The SMILES string of the molecule is N#Cc1cccc(-c2cc(C(F)(F)F)ccc2Oc2cccc3[nH]ccc23)c1. The molecule has 6 heteroatoms. The van der Waals surface area contributed by atoms with Crippen LogP contribution >= 0.6 is 0 Å². The summed E-state index contributed by atoms with van der Waals surface area (Å²) in [5.74, 6) is 0.799. The summed E-state index contributed by atoms with van der Waals surface area (Å²) in [6, 6.07) is 19.0. The zero-order valence-electron chi connectivity index (χ0n) is 14.4. The number of hydrogen-bond donors (Lipinski definition) is 1. The van der Waals surface area contributed by atoms with E-state index in [1.54, 1.807) is 42.6 Å². The van der Waals surface area contributed by atoms with Crippen molar-refractivity contribution in [3.05, 3.63) is 84.1 Å². The first kappa shape index (κ1) is 17.7. The third-order valence-electron chi connectivity index (χ3n) is 4.38. The minimum absolute atomic E-state index is 0.263. The standard InChI is InChI=1S/C22H13F3N2O/c23-22(24,25)16-7-8-21(18(12-16)15-4-1-3-14(11-15)13-26)28-20-6-2-5-19-17(20)9-10-27-19/h1-12,27H. The van der Waals surface area contributed by atoms with E-state index in [9.17, 15) is 13.2 Å². The third kappa shape index (κ3) is 3.30. The molecule has 0 bridgehead atoms. The smallest absolute Gasteiger partial charge is 0.416 e. The fourth-order valence-corrected chi connectivity index (χ4v) is 3.04. The maximum Gasteiger partial charge on any atom is 0.416 e. The van der Waals surface area contributed by atoms with E-state index < -0.39 is 11.7 Å². The molecule has 0 fully saturated rings. The molecule has 1 N–H and O–H groups in total. The van der Waals surface area contributed by atoms with Gasteiger partial charge in [0.05, 0.1) is 17.2 Å². The average Bonchev–Trinajstić information content (AvgIpc) is 3.17. The first-order valence-electron chi connectivity index (χ1n) is 8.41. The zero-order valence-corrected chi connectivity index (χ0v) is 14.4. The summed E-state index contributed by atoms with van der Waals surface area (Å²) in [7, 11) is 0. The normalized spacial score (nSPS) is 11.4. The van der Waals surface area contributed by atoms with Crippen LogP contribution in [0.4, 0.5) is 13.2 Å². The number of aromatic amines is 1. The van der Waals surface area contributed by atoms with Crippen molar-refractivity contribution in [2.75, 3.05) is 0 Å². The molecule has 0 spiro atoms. The van der Waals surface area contributed by atoms with Crippen molar-refractivity contribution in [3.8, 4) is 28.7 Å². The largest absolute Gasteiger partial charge is 0.456 e. The maximum atomic E-state index is 13.3. The molecular weight excluding hydrogens is 365 g/mol. The summed E-state index contributed by atoms with van der Waals surface area (Å²) in [5.41, 5.74) is 1.17. The predicted molar refractivity (Wildman–Crippen MR) is 100.0 cm³/mol. The molecular formula is C22H13F3N2O. The van der Waals surface area contributed by atoms with Gasteiger partial charge in [-0.05, 0) is 54.1 Å². The Hall–Kier alpha value is -3.72. The van der Waals surface area contributed by atoms with Crippen molar-refractivity contribution in [2.45, 2.75) is 6.18 Å². The Morgan fingerprint density at radius 1 is 0.893 bits per heavy atom. The van der Waals surface area contributed by atoms with Crippen LogP contribution in [-0.4, -0.2) is 4.98 Å². The first-order valence-corrected chi connectivity index (χ1v) is 8.41. The van der Waals surface area contributed by atoms with Gasteiger partial charge in [-0.2, -0.15) is 18.4 Å². The van der Waals surface area contributed by atoms with Gasteiger partial charge in [0, 0.05) is 22.7 Å². The summed E-state index contributed by atoms with van der Waals surface area (Å²) < 4.78 is 45.8. The molecule has 0 aliphatic carbocycles. The lowest BCUT2D eigenvalue weighted by Gasteiger charge is -2.15. The number of benzene rings is 3. The van der Waals surface area contributed by atoms with Crippen LogP contribution in [0.1, 0.15) is 11.1 Å². The highest BCUT2D eigenvalue weighted by Crippen LogP contribution is 2.40. The highest BCUT2D eigenvalue weighted by atomic mass is 19.4. The second-order valence-electron chi connectivity index (χ2n) is 6.20. The number of halogens is 3. The van der Waals surface area contributed by atoms with Gasteiger partial charge in [-0.3, -0.25) is 0 Å². The Morgan fingerprint density at radius 2 is 1.71 bits per heavy atom. The minimum Gasteiger partial charge on any atom is -0.456 e. The summed E-state index contributed by atoms with van der Waals surface area (Å²) in [6.45, 7) is 0. The van der Waals surface area contributed by atoms with Crippen molar-refractivity contribution in [1.29, 1.82) is 5.26 Å². The molecule has 0 radical (unpaired) electrons. The Labute approximate surface area is 158 Å². The van der Waals surface area contributed by atoms with Gasteiger partial charge in [0.1, 0.15) is 11.5 Å². The Bertz CT molecular complexity index is 1200. The van der Waals surface area contributed by atoms with Crippen LogP contribution in [0.3, 0.4) is 0 Å². The van der Waals surface area contributed by atoms with Crippen molar-refractivity contribution >= 4 is 10.9 Å². The van der Waals surface area contributed by atoms with E-state index >= 15 is 0 Å². The summed E-state index contributed by atoms with van der Waals surface area (Å²) in [4.78, 5) is 3.07. The Kier molecular flexibility index (Phi) is 4.28. The molecule has 3 nitrogen and oxygen atoms in total. The molecule has 0 saturated carbocycles. The number of nitrogens with zero attached hydrogens (tertiary/aromatic N) is 1. The van der Waals surface area contributed by atoms with Gasteiger partial charge in [0.2, 0.25) is 0 Å². The van der Waals surface area contributed by atoms with Crippen molar-refractivity contribution in [2.24, 2.45) is 0 Å². The van der Waals surface area contributed by atoms with Crippen LogP contribution in [0.15, 0.2) is 72.9 Å². The molecule has 4 aromatic rings. The van der Waals surface area contributed by atoms with E-state index in [-0.39, 0.29) is 11.3 Å². The molecule has 28 heavy (non-hydrogen) atoms. The second kappa shape index (κ2) is 6.78. The van der Waals surface area contributed by atoms with Gasteiger partial charge >= 0.3 is 6.18 Å². The molecule has 1 heterocycles. The van der Waals surface area contributed by atoms with E-state index in [1.165, 1.54) is 6.07 Å². The van der Waals surface area contributed by atoms with E-state index in [4.69, 9.17) is 10.00 Å². The van der Waals surface area contributed by atoms with Crippen molar-refractivity contribution in [1.82, 2.24) is 4.98 Å². The molecule has 1 aromatic heterocycles. The highest BCUT2D eigenvalue weighted by molar-refractivity contribution is 5.86. The summed E-state index contributed by atoms with van der Waals surface area (Å²) >= 11 is 0. The molecule has 0 aliphatic heterocycles. The van der Waals surface area contributed by atoms with E-state index in [2.05, 4.69) is 4.98 Å². The van der Waals surface area contributed by atoms with E-state index in [0.717, 1.165) is 23.0 Å². The van der Waals surface area contributed by atoms with Gasteiger partial charge in [-0.15, -0.1) is 0 Å². The third-order valence-corrected chi connectivity index (χ3v) is 4.38. The molecule has 4 rings (SSSR count). The maximum absolute atomic E-state index is 13.3. The van der Waals surface area contributed by atoms with Gasteiger partial charge in [0.25, 0.3) is 0 Å². The fraction of sp³-hybridized carbons (Fsp3) is 0.0455. The molecule has 0 atom stereocenters. The topological polar surface area (TPSA) is 48.8 Å². The molecule has 0 aliphatic rings. The van der Waals surface area contributed by atoms with Crippen LogP contribution in [0, 0.1) is 11.3 Å². The lowest BCUT2D eigenvalue weighted by Crippen LogP contribution is -2.05. The summed E-state index contributed by atoms with van der Waals surface area (Å²) in [5, 5.41) is 9.95. The van der Waals surface area contributed by atoms with E-state index in [0.29, 0.717) is 16.9 Å². The Morgan fingerprint density at radius 3 is 2.50 bits per heavy atom. The van der Waals surface area contributed by atoms with E-state index in [1.807, 2.05) is 18.2 Å². The molecule has 0 unspecified atom stereocenters. The molecule has 3 aromatic carbocycles. The molecule has 0 saturated heterocycles. The number of ether oxygens (including phenoxy) is 1. The first-order chi connectivity index (χ1) is 13.5. The van der Waals surface area contributed by atoms with Crippen molar-refractivity contribution in [3.63, 3.8) is 0 Å². The van der Waals surface area contributed by atoms with Gasteiger partial charge in [0.15, 0.2) is 0 Å². The quantitative estimate of drug-likeness (QED) is 0.441. The zero-order chi connectivity index (χ0) is 19.7. The summed E-state index contributed by atoms with van der Waals surface area (Å²) in [6.07, 6.45) is -2.72. The highest BCUT2D eigenvalue weighted by Gasteiger charge is 2.31.